The van der Waals surface area contributed by atoms with Gasteiger partial charge in [-0.25, -0.2) is 0 Å². The molecule has 2 aromatic rings. The van der Waals surface area contributed by atoms with Gasteiger partial charge in [0, 0.05) is 32.4 Å². The van der Waals surface area contributed by atoms with Crippen LogP contribution in [-0.4, -0.2) is 39.7 Å². The van der Waals surface area contributed by atoms with Crippen LogP contribution in [0, 0.1) is 0 Å². The first kappa shape index (κ1) is 15.7. The van der Waals surface area contributed by atoms with E-state index in [2.05, 4.69) is 39.6 Å². The van der Waals surface area contributed by atoms with Gasteiger partial charge in [-0.15, -0.1) is 0 Å². The molecule has 2 heterocycles. The van der Waals surface area contributed by atoms with Crippen molar-refractivity contribution in [2.75, 3.05) is 13.1 Å². The van der Waals surface area contributed by atoms with Gasteiger partial charge in [0.2, 0.25) is 0 Å². The fraction of sp³-hybridized carbons (Fsp3) is 0.444. The monoisotopic (exact) mass is 312 g/mol. The van der Waals surface area contributed by atoms with Crippen molar-refractivity contribution < 1.29 is 4.79 Å². The molecule has 1 fully saturated rings. The highest BCUT2D eigenvalue weighted by molar-refractivity contribution is 5.93. The summed E-state index contributed by atoms with van der Waals surface area (Å²) >= 11 is 0. The standard InChI is InChI=1S/C18H24N4O/c1-21-14-16(11-20-21)18(23)19-12-17-9-5-6-10-22(17)13-15-7-3-2-4-8-15/h2-4,7-8,11,14,17H,5-6,9-10,12-13H2,1H3,(H,19,23). The molecule has 1 aliphatic rings. The molecule has 0 radical (unpaired) electrons. The Morgan fingerprint density at radius 3 is 2.87 bits per heavy atom. The Morgan fingerprint density at radius 1 is 1.30 bits per heavy atom. The van der Waals surface area contributed by atoms with Gasteiger partial charge in [-0.2, -0.15) is 5.10 Å². The number of benzene rings is 1. The summed E-state index contributed by atoms with van der Waals surface area (Å²) in [6.07, 6.45) is 6.97. The molecule has 5 nitrogen and oxygen atoms in total. The van der Waals surface area contributed by atoms with Gasteiger partial charge in [-0.05, 0) is 24.9 Å². The normalized spacial score (nSPS) is 18.7. The van der Waals surface area contributed by atoms with Gasteiger partial charge in [-0.1, -0.05) is 36.8 Å². The lowest BCUT2D eigenvalue weighted by Crippen LogP contribution is -2.46. The van der Waals surface area contributed by atoms with Crippen molar-refractivity contribution in [3.8, 4) is 0 Å². The fourth-order valence-corrected chi connectivity index (χ4v) is 3.17. The zero-order chi connectivity index (χ0) is 16.1. The third-order valence-corrected chi connectivity index (χ3v) is 4.44. The molecule has 1 aliphatic heterocycles. The van der Waals surface area contributed by atoms with Crippen LogP contribution < -0.4 is 5.32 Å². The highest BCUT2D eigenvalue weighted by atomic mass is 16.1. The zero-order valence-corrected chi connectivity index (χ0v) is 13.6. The van der Waals surface area contributed by atoms with Crippen molar-refractivity contribution in [3.63, 3.8) is 0 Å². The smallest absolute Gasteiger partial charge is 0.254 e. The summed E-state index contributed by atoms with van der Waals surface area (Å²) < 4.78 is 1.65. The van der Waals surface area contributed by atoms with Crippen LogP contribution in [0.15, 0.2) is 42.7 Å². The minimum Gasteiger partial charge on any atom is -0.350 e. The Morgan fingerprint density at radius 2 is 2.13 bits per heavy atom. The molecule has 1 amide bonds. The number of aromatic nitrogens is 2. The summed E-state index contributed by atoms with van der Waals surface area (Å²) in [6, 6.07) is 11.0. The second-order valence-corrected chi connectivity index (χ2v) is 6.22. The molecule has 1 N–H and O–H groups in total. The van der Waals surface area contributed by atoms with Crippen molar-refractivity contribution >= 4 is 5.91 Å². The number of carbonyl (C=O) groups is 1. The van der Waals surface area contributed by atoms with E-state index >= 15 is 0 Å². The van der Waals surface area contributed by atoms with Gasteiger partial charge < -0.3 is 5.32 Å². The largest absolute Gasteiger partial charge is 0.350 e. The van der Waals surface area contributed by atoms with E-state index in [9.17, 15) is 4.79 Å². The molecule has 5 heteroatoms. The summed E-state index contributed by atoms with van der Waals surface area (Å²) in [5.74, 6) is -0.0386. The second kappa shape index (κ2) is 7.42. The van der Waals surface area contributed by atoms with E-state index in [-0.39, 0.29) is 5.91 Å². The number of likely N-dealkylation sites (tertiary alicyclic amines) is 1. The number of amides is 1. The van der Waals surface area contributed by atoms with E-state index in [0.29, 0.717) is 18.2 Å². The molecule has 1 aromatic carbocycles. The average Bonchev–Trinajstić information content (AvgIpc) is 3.01. The van der Waals surface area contributed by atoms with E-state index in [1.54, 1.807) is 17.1 Å². The second-order valence-electron chi connectivity index (χ2n) is 6.22. The summed E-state index contributed by atoms with van der Waals surface area (Å²) in [5.41, 5.74) is 1.95. The zero-order valence-electron chi connectivity index (χ0n) is 13.6. The summed E-state index contributed by atoms with van der Waals surface area (Å²) in [6.45, 7) is 2.75. The number of nitrogens with one attached hydrogen (secondary N) is 1. The molecule has 23 heavy (non-hydrogen) atoms. The molecular formula is C18H24N4O. The molecule has 0 bridgehead atoms. The lowest BCUT2D eigenvalue weighted by Gasteiger charge is -2.35. The number of rotatable bonds is 5. The number of hydrogen-bond donors (Lipinski definition) is 1. The molecule has 1 atom stereocenters. The van der Waals surface area contributed by atoms with Crippen molar-refractivity contribution in [2.45, 2.75) is 31.8 Å². The van der Waals surface area contributed by atoms with Crippen molar-refractivity contribution in [1.82, 2.24) is 20.0 Å². The first-order valence-electron chi connectivity index (χ1n) is 8.27. The lowest BCUT2D eigenvalue weighted by molar-refractivity contribution is 0.0907. The molecule has 1 unspecified atom stereocenters. The Bertz CT molecular complexity index is 637. The molecule has 0 spiro atoms. The molecule has 3 rings (SSSR count). The predicted octanol–water partition coefficient (Wildman–Crippen LogP) is 2.20. The van der Waals surface area contributed by atoms with Crippen molar-refractivity contribution in [3.05, 3.63) is 53.9 Å². The Kier molecular flexibility index (Phi) is 5.08. The molecule has 1 saturated heterocycles. The lowest BCUT2D eigenvalue weighted by atomic mass is 10.0. The molecule has 122 valence electrons. The van der Waals surface area contributed by atoms with E-state index < -0.39 is 0 Å². The predicted molar refractivity (Wildman–Crippen MR) is 90.0 cm³/mol. The summed E-state index contributed by atoms with van der Waals surface area (Å²) in [5, 5.41) is 7.11. The third-order valence-electron chi connectivity index (χ3n) is 4.44. The van der Waals surface area contributed by atoms with E-state index in [1.165, 1.54) is 18.4 Å². The number of hydrogen-bond acceptors (Lipinski definition) is 3. The summed E-state index contributed by atoms with van der Waals surface area (Å²) in [4.78, 5) is 14.7. The minimum atomic E-state index is -0.0386. The highest BCUT2D eigenvalue weighted by Gasteiger charge is 2.23. The molecule has 1 aromatic heterocycles. The van der Waals surface area contributed by atoms with Crippen LogP contribution in [0.4, 0.5) is 0 Å². The van der Waals surface area contributed by atoms with Crippen molar-refractivity contribution in [2.24, 2.45) is 7.05 Å². The highest BCUT2D eigenvalue weighted by Crippen LogP contribution is 2.19. The van der Waals surface area contributed by atoms with Gasteiger partial charge in [0.05, 0.1) is 11.8 Å². The number of aryl methyl sites for hydroxylation is 1. The number of carbonyl (C=O) groups excluding carboxylic acids is 1. The van der Waals surface area contributed by atoms with Crippen LogP contribution in [0.25, 0.3) is 0 Å². The maximum Gasteiger partial charge on any atom is 0.254 e. The molecule has 0 aliphatic carbocycles. The Balaban J connectivity index is 1.57. The van der Waals surface area contributed by atoms with Crippen LogP contribution in [0.2, 0.25) is 0 Å². The maximum absolute atomic E-state index is 12.2. The van der Waals surface area contributed by atoms with Gasteiger partial charge in [-0.3, -0.25) is 14.4 Å². The minimum absolute atomic E-state index is 0.0386. The van der Waals surface area contributed by atoms with Crippen LogP contribution in [0.3, 0.4) is 0 Å². The van der Waals surface area contributed by atoms with E-state index in [0.717, 1.165) is 19.5 Å². The van der Waals surface area contributed by atoms with Crippen molar-refractivity contribution in [1.29, 1.82) is 0 Å². The first-order valence-corrected chi connectivity index (χ1v) is 8.27. The van der Waals surface area contributed by atoms with E-state index in [1.807, 2.05) is 13.1 Å². The van der Waals surface area contributed by atoms with E-state index in [4.69, 9.17) is 0 Å². The average molecular weight is 312 g/mol. The topological polar surface area (TPSA) is 50.2 Å². The van der Waals surface area contributed by atoms with Gasteiger partial charge in [0.25, 0.3) is 5.91 Å². The third kappa shape index (κ3) is 4.20. The summed E-state index contributed by atoms with van der Waals surface area (Å²) in [7, 11) is 1.82. The first-order chi connectivity index (χ1) is 11.2. The maximum atomic E-state index is 12.2. The van der Waals surface area contributed by atoms with Gasteiger partial charge >= 0.3 is 0 Å². The quantitative estimate of drug-likeness (QED) is 0.921. The number of piperidine rings is 1. The number of nitrogens with zero attached hydrogens (tertiary/aromatic N) is 3. The Hall–Kier alpha value is -2.14. The van der Waals surface area contributed by atoms with Gasteiger partial charge in [0.1, 0.15) is 0 Å². The molecular weight excluding hydrogens is 288 g/mol. The van der Waals surface area contributed by atoms with Crippen LogP contribution in [-0.2, 0) is 13.6 Å². The Labute approximate surface area is 137 Å². The SMILES string of the molecule is Cn1cc(C(=O)NCC2CCCCN2Cc2ccccc2)cn1. The molecule has 0 saturated carbocycles. The van der Waals surface area contributed by atoms with Gasteiger partial charge in [0.15, 0.2) is 0 Å². The fourth-order valence-electron chi connectivity index (χ4n) is 3.17. The van der Waals surface area contributed by atoms with Crippen LogP contribution >= 0.6 is 0 Å². The van der Waals surface area contributed by atoms with Crippen LogP contribution in [0.5, 0.6) is 0 Å². The van der Waals surface area contributed by atoms with Crippen LogP contribution in [0.1, 0.15) is 35.2 Å².